The molecule has 0 saturated carbocycles. The zero-order chi connectivity index (χ0) is 19.8. The molecule has 1 aliphatic rings. The van der Waals surface area contributed by atoms with Crippen LogP contribution in [0.25, 0.3) is 0 Å². The van der Waals surface area contributed by atoms with Gasteiger partial charge in [-0.3, -0.25) is 0 Å². The summed E-state index contributed by atoms with van der Waals surface area (Å²) < 4.78 is 19.1. The Morgan fingerprint density at radius 2 is 1.89 bits per heavy atom. The number of hydrogen-bond donors (Lipinski definition) is 0. The fraction of sp³-hybridized carbons (Fsp3) is 0.417. The van der Waals surface area contributed by atoms with Gasteiger partial charge in [-0.05, 0) is 80.9 Å². The van der Waals surface area contributed by atoms with Crippen molar-refractivity contribution in [3.8, 4) is 5.75 Å². The van der Waals surface area contributed by atoms with Gasteiger partial charge in [-0.2, -0.15) is 0 Å². The number of hydrogen-bond acceptors (Lipinski definition) is 3. The molecule has 0 spiro atoms. The highest BCUT2D eigenvalue weighted by molar-refractivity contribution is 5.70. The number of anilines is 2. The van der Waals surface area contributed by atoms with E-state index in [2.05, 4.69) is 35.6 Å². The van der Waals surface area contributed by atoms with Crippen molar-refractivity contribution in [2.75, 3.05) is 38.2 Å². The monoisotopic (exact) mass is 382 g/mol. The minimum atomic E-state index is -0.198. The Hall–Kier alpha value is -2.33. The number of benzene rings is 2. The van der Waals surface area contributed by atoms with Crippen LogP contribution in [-0.2, 0) is 6.42 Å². The minimum Gasteiger partial charge on any atom is -0.494 e. The SMILES string of the molecule is C=CCN(C)CCCCCCOc1ccc2c(c1)CCN2c1ccc(F)cc1. The number of fused-ring (bicyclic) bond motifs is 1. The Bertz CT molecular complexity index is 760. The van der Waals surface area contributed by atoms with Crippen LogP contribution in [0.2, 0.25) is 0 Å². The van der Waals surface area contributed by atoms with Gasteiger partial charge in [0, 0.05) is 24.5 Å². The highest BCUT2D eigenvalue weighted by Gasteiger charge is 2.20. The van der Waals surface area contributed by atoms with Crippen LogP contribution in [0.1, 0.15) is 31.2 Å². The molecule has 0 atom stereocenters. The molecular formula is C24H31FN2O. The molecule has 2 aromatic carbocycles. The van der Waals surface area contributed by atoms with Gasteiger partial charge in [-0.25, -0.2) is 4.39 Å². The summed E-state index contributed by atoms with van der Waals surface area (Å²) in [6.07, 6.45) is 7.69. The maximum absolute atomic E-state index is 13.2. The van der Waals surface area contributed by atoms with E-state index < -0.39 is 0 Å². The first-order valence-corrected chi connectivity index (χ1v) is 10.3. The van der Waals surface area contributed by atoms with Crippen LogP contribution in [0.3, 0.4) is 0 Å². The molecule has 0 N–H and O–H groups in total. The maximum Gasteiger partial charge on any atom is 0.123 e. The Morgan fingerprint density at radius 3 is 2.68 bits per heavy atom. The lowest BCUT2D eigenvalue weighted by molar-refractivity contribution is 0.300. The molecule has 0 bridgehead atoms. The Balaban J connectivity index is 1.41. The quantitative estimate of drug-likeness (QED) is 0.373. The van der Waals surface area contributed by atoms with Crippen molar-refractivity contribution >= 4 is 11.4 Å². The molecule has 0 saturated heterocycles. The molecule has 3 nitrogen and oxygen atoms in total. The number of nitrogens with zero attached hydrogens (tertiary/aromatic N) is 2. The molecule has 0 unspecified atom stereocenters. The van der Waals surface area contributed by atoms with Gasteiger partial charge in [-0.1, -0.05) is 18.9 Å². The Morgan fingerprint density at radius 1 is 1.11 bits per heavy atom. The van der Waals surface area contributed by atoms with Gasteiger partial charge in [0.25, 0.3) is 0 Å². The van der Waals surface area contributed by atoms with E-state index in [1.165, 1.54) is 42.6 Å². The first-order valence-electron chi connectivity index (χ1n) is 10.3. The standard InChI is InChI=1S/C24H31FN2O/c1-3-15-26(2)16-6-4-5-7-18-28-23-12-13-24-20(19-23)14-17-27(24)22-10-8-21(25)9-11-22/h3,8-13,19H,1,4-7,14-18H2,2H3. The van der Waals surface area contributed by atoms with E-state index >= 15 is 0 Å². The smallest absolute Gasteiger partial charge is 0.123 e. The highest BCUT2D eigenvalue weighted by atomic mass is 19.1. The van der Waals surface area contributed by atoms with Crippen LogP contribution in [0.5, 0.6) is 5.75 Å². The average Bonchev–Trinajstić information content (AvgIpc) is 3.11. The Labute approximate surface area is 168 Å². The van der Waals surface area contributed by atoms with Gasteiger partial charge in [0.1, 0.15) is 11.6 Å². The zero-order valence-corrected chi connectivity index (χ0v) is 16.9. The highest BCUT2D eigenvalue weighted by Crippen LogP contribution is 2.36. The van der Waals surface area contributed by atoms with E-state index in [0.29, 0.717) is 0 Å². The molecule has 4 heteroatoms. The second-order valence-electron chi connectivity index (χ2n) is 7.48. The number of rotatable bonds is 11. The van der Waals surface area contributed by atoms with Crippen molar-refractivity contribution in [3.05, 3.63) is 66.5 Å². The second kappa shape index (κ2) is 10.3. The third-order valence-corrected chi connectivity index (χ3v) is 5.23. The van der Waals surface area contributed by atoms with Crippen LogP contribution in [-0.4, -0.2) is 38.2 Å². The molecule has 150 valence electrons. The summed E-state index contributed by atoms with van der Waals surface area (Å²) in [6, 6.07) is 13.0. The van der Waals surface area contributed by atoms with Crippen molar-refractivity contribution in [2.45, 2.75) is 32.1 Å². The van der Waals surface area contributed by atoms with Gasteiger partial charge >= 0.3 is 0 Å². The number of ether oxygens (including phenoxy) is 1. The van der Waals surface area contributed by atoms with Gasteiger partial charge in [-0.15, -0.1) is 6.58 Å². The second-order valence-corrected chi connectivity index (χ2v) is 7.48. The fourth-order valence-corrected chi connectivity index (χ4v) is 3.70. The largest absolute Gasteiger partial charge is 0.494 e. The zero-order valence-electron chi connectivity index (χ0n) is 16.9. The summed E-state index contributed by atoms with van der Waals surface area (Å²) in [5, 5.41) is 0. The lowest BCUT2D eigenvalue weighted by atomic mass is 10.1. The van der Waals surface area contributed by atoms with Gasteiger partial charge < -0.3 is 14.5 Å². The summed E-state index contributed by atoms with van der Waals surface area (Å²) in [7, 11) is 2.13. The third-order valence-electron chi connectivity index (χ3n) is 5.23. The van der Waals surface area contributed by atoms with Crippen LogP contribution < -0.4 is 9.64 Å². The lowest BCUT2D eigenvalue weighted by Crippen LogP contribution is -2.19. The van der Waals surface area contributed by atoms with Gasteiger partial charge in [0.15, 0.2) is 0 Å². The van der Waals surface area contributed by atoms with Crippen molar-refractivity contribution in [1.29, 1.82) is 0 Å². The molecule has 0 amide bonds. The molecule has 2 aromatic rings. The average molecular weight is 383 g/mol. The van der Waals surface area contributed by atoms with Gasteiger partial charge in [0.05, 0.1) is 6.61 Å². The number of unbranched alkanes of at least 4 members (excludes halogenated alkanes) is 3. The molecule has 0 aromatic heterocycles. The summed E-state index contributed by atoms with van der Waals surface area (Å²) >= 11 is 0. The normalized spacial score (nSPS) is 13.0. The molecule has 3 rings (SSSR count). The predicted octanol–water partition coefficient (Wildman–Crippen LogP) is 5.58. The van der Waals surface area contributed by atoms with Crippen molar-refractivity contribution in [1.82, 2.24) is 4.90 Å². The van der Waals surface area contributed by atoms with E-state index in [9.17, 15) is 4.39 Å². The number of halogens is 1. The van der Waals surface area contributed by atoms with Crippen LogP contribution >= 0.6 is 0 Å². The van der Waals surface area contributed by atoms with E-state index in [-0.39, 0.29) is 5.82 Å². The Kier molecular flexibility index (Phi) is 7.49. The van der Waals surface area contributed by atoms with Crippen molar-refractivity contribution < 1.29 is 9.13 Å². The third kappa shape index (κ3) is 5.59. The molecule has 1 aliphatic heterocycles. The summed E-state index contributed by atoms with van der Waals surface area (Å²) in [5.74, 6) is 0.751. The maximum atomic E-state index is 13.2. The first kappa shape index (κ1) is 20.4. The molecule has 1 heterocycles. The molecule has 0 fully saturated rings. The summed E-state index contributed by atoms with van der Waals surface area (Å²) in [5.41, 5.74) is 3.53. The molecule has 0 aliphatic carbocycles. The lowest BCUT2D eigenvalue weighted by Gasteiger charge is -2.19. The van der Waals surface area contributed by atoms with Gasteiger partial charge in [0.2, 0.25) is 0 Å². The van der Waals surface area contributed by atoms with E-state index in [0.717, 1.165) is 50.5 Å². The molecular weight excluding hydrogens is 351 g/mol. The van der Waals surface area contributed by atoms with Crippen LogP contribution in [0.15, 0.2) is 55.1 Å². The summed E-state index contributed by atoms with van der Waals surface area (Å²) in [6.45, 7) is 7.54. The van der Waals surface area contributed by atoms with E-state index in [1.807, 2.05) is 24.3 Å². The van der Waals surface area contributed by atoms with E-state index in [4.69, 9.17) is 4.74 Å². The number of likely N-dealkylation sites (N-methyl/N-ethyl adjacent to an activating group) is 1. The minimum absolute atomic E-state index is 0.198. The molecule has 28 heavy (non-hydrogen) atoms. The first-order chi connectivity index (χ1) is 13.7. The van der Waals surface area contributed by atoms with Crippen molar-refractivity contribution in [2.24, 2.45) is 0 Å². The van der Waals surface area contributed by atoms with Crippen LogP contribution in [0.4, 0.5) is 15.8 Å². The summed E-state index contributed by atoms with van der Waals surface area (Å²) in [4.78, 5) is 4.53. The van der Waals surface area contributed by atoms with E-state index in [1.54, 1.807) is 0 Å². The van der Waals surface area contributed by atoms with Crippen molar-refractivity contribution in [3.63, 3.8) is 0 Å². The van der Waals surface area contributed by atoms with Crippen LogP contribution in [0, 0.1) is 5.82 Å². The fourth-order valence-electron chi connectivity index (χ4n) is 3.70. The molecule has 0 radical (unpaired) electrons. The topological polar surface area (TPSA) is 15.7 Å². The predicted molar refractivity (Wildman–Crippen MR) is 115 cm³/mol.